The smallest absolute Gasteiger partial charge is 0.255 e. The molecule has 0 N–H and O–H groups in total. The zero-order valence-electron chi connectivity index (χ0n) is 13.5. The number of carbonyl (C=O) groups is 2. The number of hydrogen-bond donors (Lipinski definition) is 0. The SMILES string of the molecule is CC1(C)C[C@H]2C[C@]1(C)C(=O)N2C(=O)COCc1ccccc1. The summed E-state index contributed by atoms with van der Waals surface area (Å²) >= 11 is 0. The lowest BCUT2D eigenvalue weighted by Gasteiger charge is -2.40. The summed E-state index contributed by atoms with van der Waals surface area (Å²) in [7, 11) is 0. The molecule has 1 aromatic rings. The van der Waals surface area contributed by atoms with Crippen LogP contribution < -0.4 is 0 Å². The molecule has 0 radical (unpaired) electrons. The normalized spacial score (nSPS) is 29.1. The molecule has 2 bridgehead atoms. The van der Waals surface area contributed by atoms with Crippen LogP contribution in [0.4, 0.5) is 0 Å². The number of amides is 2. The maximum Gasteiger partial charge on any atom is 0.255 e. The van der Waals surface area contributed by atoms with Crippen LogP contribution in [0, 0.1) is 10.8 Å². The monoisotopic (exact) mass is 301 g/mol. The van der Waals surface area contributed by atoms with E-state index in [0.717, 1.165) is 18.4 Å². The highest BCUT2D eigenvalue weighted by Gasteiger charge is 2.64. The van der Waals surface area contributed by atoms with E-state index in [1.807, 2.05) is 37.3 Å². The third kappa shape index (κ3) is 2.26. The molecule has 2 aliphatic rings. The van der Waals surface area contributed by atoms with E-state index in [1.165, 1.54) is 4.90 Å². The van der Waals surface area contributed by atoms with Gasteiger partial charge in [0.1, 0.15) is 6.61 Å². The van der Waals surface area contributed by atoms with E-state index in [9.17, 15) is 9.59 Å². The molecule has 4 nitrogen and oxygen atoms in total. The lowest BCUT2D eigenvalue weighted by Crippen LogP contribution is -2.51. The van der Waals surface area contributed by atoms with Crippen LogP contribution in [0.3, 0.4) is 0 Å². The molecule has 2 fully saturated rings. The molecule has 1 aliphatic carbocycles. The lowest BCUT2D eigenvalue weighted by atomic mass is 9.68. The molecule has 1 saturated heterocycles. The molecule has 1 saturated carbocycles. The number of fused-ring (bicyclic) bond motifs is 2. The summed E-state index contributed by atoms with van der Waals surface area (Å²) in [6.07, 6.45) is 1.67. The molecule has 1 aliphatic heterocycles. The first-order chi connectivity index (χ1) is 10.3. The molecule has 2 amide bonds. The predicted octanol–water partition coefficient (Wildman–Crippen LogP) is 2.77. The van der Waals surface area contributed by atoms with Crippen molar-refractivity contribution in [2.24, 2.45) is 10.8 Å². The molecule has 118 valence electrons. The number of benzene rings is 1. The van der Waals surface area contributed by atoms with Gasteiger partial charge in [-0.1, -0.05) is 51.1 Å². The zero-order chi connectivity index (χ0) is 16.0. The molecule has 2 atom stereocenters. The molecule has 0 unspecified atom stereocenters. The molecule has 3 rings (SSSR count). The van der Waals surface area contributed by atoms with Gasteiger partial charge in [-0.25, -0.2) is 0 Å². The summed E-state index contributed by atoms with van der Waals surface area (Å²) in [5, 5.41) is 0. The number of hydrogen-bond acceptors (Lipinski definition) is 3. The van der Waals surface area contributed by atoms with Gasteiger partial charge in [-0.3, -0.25) is 14.5 Å². The first-order valence-corrected chi connectivity index (χ1v) is 7.83. The Labute approximate surface area is 131 Å². The van der Waals surface area contributed by atoms with E-state index in [-0.39, 0.29) is 29.9 Å². The molecule has 1 heterocycles. The van der Waals surface area contributed by atoms with E-state index in [1.54, 1.807) is 0 Å². The maximum atomic E-state index is 12.6. The van der Waals surface area contributed by atoms with Crippen molar-refractivity contribution in [1.29, 1.82) is 0 Å². The summed E-state index contributed by atoms with van der Waals surface area (Å²) in [6, 6.07) is 9.77. The number of piperidine rings is 1. The number of imide groups is 1. The van der Waals surface area contributed by atoms with Crippen molar-refractivity contribution < 1.29 is 14.3 Å². The lowest BCUT2D eigenvalue weighted by molar-refractivity contribution is -0.157. The number of carbonyl (C=O) groups excluding carboxylic acids is 2. The Morgan fingerprint density at radius 3 is 2.50 bits per heavy atom. The number of likely N-dealkylation sites (tertiary alicyclic amines) is 1. The Hall–Kier alpha value is -1.68. The summed E-state index contributed by atoms with van der Waals surface area (Å²) < 4.78 is 5.49. The van der Waals surface area contributed by atoms with Crippen molar-refractivity contribution in [1.82, 2.24) is 4.90 Å². The summed E-state index contributed by atoms with van der Waals surface area (Å²) in [5.74, 6) is -0.229. The third-order valence-electron chi connectivity index (χ3n) is 5.55. The van der Waals surface area contributed by atoms with Crippen molar-refractivity contribution in [3.63, 3.8) is 0 Å². The van der Waals surface area contributed by atoms with E-state index >= 15 is 0 Å². The third-order valence-corrected chi connectivity index (χ3v) is 5.55. The van der Waals surface area contributed by atoms with Crippen LogP contribution in [0.5, 0.6) is 0 Å². The van der Waals surface area contributed by atoms with E-state index < -0.39 is 5.41 Å². The second kappa shape index (κ2) is 5.20. The van der Waals surface area contributed by atoms with Crippen LogP contribution in [-0.4, -0.2) is 29.4 Å². The van der Waals surface area contributed by atoms with E-state index in [2.05, 4.69) is 13.8 Å². The predicted molar refractivity (Wildman–Crippen MR) is 82.9 cm³/mol. The molecule has 0 spiro atoms. The van der Waals surface area contributed by atoms with Gasteiger partial charge in [-0.05, 0) is 23.8 Å². The van der Waals surface area contributed by atoms with Crippen molar-refractivity contribution >= 4 is 11.8 Å². The van der Waals surface area contributed by atoms with Gasteiger partial charge in [0.2, 0.25) is 5.91 Å². The van der Waals surface area contributed by atoms with Crippen molar-refractivity contribution in [3.05, 3.63) is 35.9 Å². The minimum Gasteiger partial charge on any atom is -0.367 e. The first kappa shape index (κ1) is 15.2. The average Bonchev–Trinajstić information content (AvgIpc) is 2.85. The maximum absolute atomic E-state index is 12.6. The minimum absolute atomic E-state index is 0.0259. The first-order valence-electron chi connectivity index (χ1n) is 7.83. The number of ether oxygens (including phenoxy) is 1. The van der Waals surface area contributed by atoms with Crippen LogP contribution in [0.2, 0.25) is 0 Å². The van der Waals surface area contributed by atoms with Crippen LogP contribution in [0.1, 0.15) is 39.2 Å². The Balaban J connectivity index is 1.59. The molecular weight excluding hydrogens is 278 g/mol. The highest BCUT2D eigenvalue weighted by Crippen LogP contribution is 2.59. The Morgan fingerprint density at radius 1 is 1.23 bits per heavy atom. The van der Waals surface area contributed by atoms with Gasteiger partial charge in [0, 0.05) is 6.04 Å². The van der Waals surface area contributed by atoms with Gasteiger partial charge in [-0.15, -0.1) is 0 Å². The van der Waals surface area contributed by atoms with Crippen molar-refractivity contribution in [2.75, 3.05) is 6.61 Å². The topological polar surface area (TPSA) is 46.6 Å². The largest absolute Gasteiger partial charge is 0.367 e. The molecule has 1 aromatic carbocycles. The summed E-state index contributed by atoms with van der Waals surface area (Å²) in [6.45, 7) is 6.60. The second-order valence-electron chi connectivity index (χ2n) is 7.33. The standard InChI is InChI=1S/C18H23NO3/c1-17(2)9-14-10-18(17,3)16(21)19(14)15(20)12-22-11-13-7-5-4-6-8-13/h4-8,14H,9-12H2,1-3H3/t14-,18+/m0/s1. The Kier molecular flexibility index (Phi) is 3.60. The van der Waals surface area contributed by atoms with Gasteiger partial charge in [0.25, 0.3) is 5.91 Å². The molecule has 4 heteroatoms. The van der Waals surface area contributed by atoms with Crippen LogP contribution >= 0.6 is 0 Å². The van der Waals surface area contributed by atoms with E-state index in [4.69, 9.17) is 4.74 Å². The molecular formula is C18H23NO3. The summed E-state index contributed by atoms with van der Waals surface area (Å²) in [5.41, 5.74) is 0.584. The van der Waals surface area contributed by atoms with Gasteiger partial charge in [0.05, 0.1) is 12.0 Å². The number of rotatable bonds is 4. The van der Waals surface area contributed by atoms with Gasteiger partial charge in [0.15, 0.2) is 0 Å². The Bertz CT molecular complexity index is 596. The van der Waals surface area contributed by atoms with E-state index in [0.29, 0.717) is 6.61 Å². The minimum atomic E-state index is -0.410. The average molecular weight is 301 g/mol. The van der Waals surface area contributed by atoms with Gasteiger partial charge in [-0.2, -0.15) is 0 Å². The fourth-order valence-corrected chi connectivity index (χ4v) is 3.84. The fourth-order valence-electron chi connectivity index (χ4n) is 3.84. The zero-order valence-corrected chi connectivity index (χ0v) is 13.5. The van der Waals surface area contributed by atoms with Crippen LogP contribution in [0.15, 0.2) is 30.3 Å². The molecule has 22 heavy (non-hydrogen) atoms. The van der Waals surface area contributed by atoms with Crippen molar-refractivity contribution in [3.8, 4) is 0 Å². The van der Waals surface area contributed by atoms with Crippen LogP contribution in [0.25, 0.3) is 0 Å². The van der Waals surface area contributed by atoms with Crippen LogP contribution in [-0.2, 0) is 20.9 Å². The quantitative estimate of drug-likeness (QED) is 0.859. The van der Waals surface area contributed by atoms with Crippen molar-refractivity contribution in [2.45, 2.75) is 46.3 Å². The fraction of sp³-hybridized carbons (Fsp3) is 0.556. The highest BCUT2D eigenvalue weighted by atomic mass is 16.5. The van der Waals surface area contributed by atoms with Gasteiger partial charge >= 0.3 is 0 Å². The Morgan fingerprint density at radius 2 is 1.91 bits per heavy atom. The number of nitrogens with zero attached hydrogens (tertiary/aromatic N) is 1. The second-order valence-corrected chi connectivity index (χ2v) is 7.33. The summed E-state index contributed by atoms with van der Waals surface area (Å²) in [4.78, 5) is 26.5. The molecule has 0 aromatic heterocycles. The highest BCUT2D eigenvalue weighted by molar-refractivity contribution is 6.01. The van der Waals surface area contributed by atoms with Gasteiger partial charge < -0.3 is 4.74 Å².